The number of allylic oxidation sites excluding steroid dienone is 1. The molecule has 3 unspecified atom stereocenters. The molecule has 0 radical (unpaired) electrons. The van der Waals surface area contributed by atoms with E-state index in [1.807, 2.05) is 0 Å². The third-order valence-corrected chi connectivity index (χ3v) is 3.89. The van der Waals surface area contributed by atoms with E-state index in [1.54, 1.807) is 0 Å². The minimum absolute atomic E-state index is 0.644. The van der Waals surface area contributed by atoms with Crippen LogP contribution in [0.3, 0.4) is 0 Å². The fourth-order valence-electron chi connectivity index (χ4n) is 3.30. The Bertz CT molecular complexity index is 171. The Hall–Kier alpha value is -0.260. The van der Waals surface area contributed by atoms with E-state index in [0.717, 1.165) is 11.8 Å². The van der Waals surface area contributed by atoms with Crippen molar-refractivity contribution in [3.8, 4) is 0 Å². The van der Waals surface area contributed by atoms with Crippen LogP contribution >= 0.6 is 0 Å². The first-order chi connectivity index (χ1) is 5.24. The first kappa shape index (κ1) is 7.39. The zero-order chi connectivity index (χ0) is 7.90. The van der Waals surface area contributed by atoms with E-state index in [0.29, 0.717) is 5.41 Å². The number of fused-ring (bicyclic) bond motifs is 2. The molecule has 0 spiro atoms. The van der Waals surface area contributed by atoms with Crippen molar-refractivity contribution < 1.29 is 0 Å². The minimum Gasteiger partial charge on any atom is -0.103 e. The summed E-state index contributed by atoms with van der Waals surface area (Å²) in [5.74, 6) is 2.11. The monoisotopic (exact) mass is 150 g/mol. The lowest BCUT2D eigenvalue weighted by Gasteiger charge is -2.32. The van der Waals surface area contributed by atoms with E-state index in [1.165, 1.54) is 32.1 Å². The third-order valence-electron chi connectivity index (χ3n) is 3.89. The van der Waals surface area contributed by atoms with Gasteiger partial charge in [0.1, 0.15) is 0 Å². The molecule has 0 heteroatoms. The highest BCUT2D eigenvalue weighted by atomic mass is 14.5. The smallest absolute Gasteiger partial charge is 0.0260 e. The largest absolute Gasteiger partial charge is 0.103 e. The lowest BCUT2D eigenvalue weighted by molar-refractivity contribution is 0.193. The molecule has 62 valence electrons. The topological polar surface area (TPSA) is 0 Å². The molecule has 0 aromatic carbocycles. The van der Waals surface area contributed by atoms with Crippen molar-refractivity contribution in [3.63, 3.8) is 0 Å². The Labute approximate surface area is 69.7 Å². The lowest BCUT2D eigenvalue weighted by Crippen LogP contribution is -2.22. The van der Waals surface area contributed by atoms with Crippen molar-refractivity contribution in [2.75, 3.05) is 0 Å². The van der Waals surface area contributed by atoms with Crippen molar-refractivity contribution in [2.24, 2.45) is 17.3 Å². The maximum atomic E-state index is 3.85. The Morgan fingerprint density at radius 1 is 1.55 bits per heavy atom. The molecule has 0 saturated heterocycles. The van der Waals surface area contributed by atoms with Gasteiger partial charge >= 0.3 is 0 Å². The van der Waals surface area contributed by atoms with Gasteiger partial charge in [0.05, 0.1) is 0 Å². The van der Waals surface area contributed by atoms with Gasteiger partial charge in [0.2, 0.25) is 0 Å². The predicted molar refractivity (Wildman–Crippen MR) is 48.4 cm³/mol. The zero-order valence-corrected chi connectivity index (χ0v) is 7.47. The fraction of sp³-hybridized carbons (Fsp3) is 0.818. The molecular weight excluding hydrogens is 132 g/mol. The van der Waals surface area contributed by atoms with Crippen LogP contribution in [0.2, 0.25) is 0 Å². The van der Waals surface area contributed by atoms with Crippen LogP contribution in [0, 0.1) is 17.3 Å². The molecule has 3 atom stereocenters. The molecule has 0 aromatic rings. The zero-order valence-electron chi connectivity index (χ0n) is 7.47. The summed E-state index contributed by atoms with van der Waals surface area (Å²) < 4.78 is 0. The molecule has 2 bridgehead atoms. The number of rotatable bonds is 2. The molecule has 2 aliphatic rings. The van der Waals surface area contributed by atoms with Gasteiger partial charge in [-0.1, -0.05) is 19.4 Å². The molecule has 2 saturated carbocycles. The summed E-state index contributed by atoms with van der Waals surface area (Å²) in [6, 6.07) is 0. The molecule has 0 aliphatic heterocycles. The van der Waals surface area contributed by atoms with Gasteiger partial charge in [-0.3, -0.25) is 0 Å². The van der Waals surface area contributed by atoms with E-state index in [9.17, 15) is 0 Å². The van der Waals surface area contributed by atoms with Crippen LogP contribution in [0.15, 0.2) is 12.7 Å². The summed E-state index contributed by atoms with van der Waals surface area (Å²) in [6.07, 6.45) is 9.36. The highest BCUT2D eigenvalue weighted by Crippen LogP contribution is 2.57. The van der Waals surface area contributed by atoms with Gasteiger partial charge in [-0.05, 0) is 42.9 Å². The molecule has 11 heavy (non-hydrogen) atoms. The van der Waals surface area contributed by atoms with Crippen molar-refractivity contribution in [1.29, 1.82) is 0 Å². The molecule has 0 heterocycles. The van der Waals surface area contributed by atoms with Crippen molar-refractivity contribution >= 4 is 0 Å². The maximum Gasteiger partial charge on any atom is -0.0260 e. The first-order valence-electron chi connectivity index (χ1n) is 4.85. The molecule has 2 fully saturated rings. The van der Waals surface area contributed by atoms with Gasteiger partial charge in [0, 0.05) is 0 Å². The van der Waals surface area contributed by atoms with E-state index < -0.39 is 0 Å². The Morgan fingerprint density at radius 2 is 2.36 bits per heavy atom. The second kappa shape index (κ2) is 2.36. The Morgan fingerprint density at radius 3 is 2.82 bits per heavy atom. The van der Waals surface area contributed by atoms with Gasteiger partial charge in [0.25, 0.3) is 0 Å². The average Bonchev–Trinajstić information content (AvgIpc) is 2.45. The molecule has 0 N–H and O–H groups in total. The summed E-state index contributed by atoms with van der Waals surface area (Å²) in [4.78, 5) is 0. The standard InChI is InChI=1S/C11H18/c1-3-6-11(2)8-9-4-5-10(11)7-9/h3,9-10H,1,4-8H2,2H3. The molecule has 0 aromatic heterocycles. The summed E-state index contributed by atoms with van der Waals surface area (Å²) in [7, 11) is 0. The highest BCUT2D eigenvalue weighted by molar-refractivity contribution is 5.00. The first-order valence-corrected chi connectivity index (χ1v) is 4.85. The Balaban J connectivity index is 2.10. The van der Waals surface area contributed by atoms with Crippen LogP contribution in [-0.2, 0) is 0 Å². The third kappa shape index (κ3) is 1.04. The molecule has 0 nitrogen and oxygen atoms in total. The van der Waals surface area contributed by atoms with E-state index in [2.05, 4.69) is 19.6 Å². The van der Waals surface area contributed by atoms with Crippen molar-refractivity contribution in [2.45, 2.75) is 39.0 Å². The van der Waals surface area contributed by atoms with Gasteiger partial charge < -0.3 is 0 Å². The van der Waals surface area contributed by atoms with Crippen LogP contribution in [-0.4, -0.2) is 0 Å². The molecule has 2 rings (SSSR count). The van der Waals surface area contributed by atoms with Crippen molar-refractivity contribution in [3.05, 3.63) is 12.7 Å². The summed E-state index contributed by atoms with van der Waals surface area (Å²) in [5, 5.41) is 0. The van der Waals surface area contributed by atoms with Crippen LogP contribution < -0.4 is 0 Å². The molecule has 2 aliphatic carbocycles. The van der Waals surface area contributed by atoms with Crippen LogP contribution in [0.1, 0.15) is 39.0 Å². The van der Waals surface area contributed by atoms with Gasteiger partial charge in [-0.25, -0.2) is 0 Å². The summed E-state index contributed by atoms with van der Waals surface area (Å²) in [6.45, 7) is 6.31. The average molecular weight is 150 g/mol. The summed E-state index contributed by atoms with van der Waals surface area (Å²) >= 11 is 0. The SMILES string of the molecule is C=CCC1(C)CC2CCC1C2. The summed E-state index contributed by atoms with van der Waals surface area (Å²) in [5.41, 5.74) is 0.644. The number of hydrogen-bond donors (Lipinski definition) is 0. The quantitative estimate of drug-likeness (QED) is 0.529. The van der Waals surface area contributed by atoms with Crippen LogP contribution in [0.4, 0.5) is 0 Å². The van der Waals surface area contributed by atoms with E-state index in [4.69, 9.17) is 0 Å². The Kier molecular flexibility index (Phi) is 1.59. The van der Waals surface area contributed by atoms with E-state index in [-0.39, 0.29) is 0 Å². The van der Waals surface area contributed by atoms with Gasteiger partial charge in [-0.2, -0.15) is 0 Å². The normalized spacial score (nSPS) is 48.1. The second-order valence-electron chi connectivity index (χ2n) is 4.73. The van der Waals surface area contributed by atoms with Crippen molar-refractivity contribution in [1.82, 2.24) is 0 Å². The fourth-order valence-corrected chi connectivity index (χ4v) is 3.30. The van der Waals surface area contributed by atoms with Gasteiger partial charge in [0.15, 0.2) is 0 Å². The second-order valence-corrected chi connectivity index (χ2v) is 4.73. The minimum atomic E-state index is 0.644. The number of hydrogen-bond acceptors (Lipinski definition) is 0. The lowest BCUT2D eigenvalue weighted by atomic mass is 9.72. The van der Waals surface area contributed by atoms with E-state index >= 15 is 0 Å². The predicted octanol–water partition coefficient (Wildman–Crippen LogP) is 3.39. The maximum absolute atomic E-state index is 3.85. The van der Waals surface area contributed by atoms with Crippen LogP contribution in [0.25, 0.3) is 0 Å². The highest BCUT2D eigenvalue weighted by Gasteiger charge is 2.46. The molecule has 0 amide bonds. The van der Waals surface area contributed by atoms with Crippen LogP contribution in [0.5, 0.6) is 0 Å². The van der Waals surface area contributed by atoms with Gasteiger partial charge in [-0.15, -0.1) is 6.58 Å². The molecular formula is C11H18.